The first-order chi connectivity index (χ1) is 6.86. The monoisotopic (exact) mass is 208 g/mol. The van der Waals surface area contributed by atoms with Gasteiger partial charge in [-0.1, -0.05) is 0 Å². The smallest absolute Gasteiger partial charge is 0.288 e. The summed E-state index contributed by atoms with van der Waals surface area (Å²) in [5, 5.41) is 12.8. The first kappa shape index (κ1) is 8.89. The molecule has 0 bridgehead atoms. The summed E-state index contributed by atoms with van der Waals surface area (Å²) in [4.78, 5) is 15.1. The maximum atomic E-state index is 11.4. The second-order valence-electron chi connectivity index (χ2n) is 2.65. The summed E-state index contributed by atoms with van der Waals surface area (Å²) in [5.41, 5.74) is 1.09. The van der Waals surface area contributed by atoms with Gasteiger partial charge in [-0.05, 0) is 22.4 Å². The van der Waals surface area contributed by atoms with Crippen LogP contribution in [0.5, 0.6) is 0 Å². The van der Waals surface area contributed by atoms with Gasteiger partial charge < -0.3 is 5.32 Å². The molecule has 0 aromatic carbocycles. The number of hydrogen-bond acceptors (Lipinski definition) is 4. The van der Waals surface area contributed by atoms with E-state index < -0.39 is 0 Å². The molecule has 0 aliphatic rings. The molecule has 1 amide bonds. The lowest BCUT2D eigenvalue weighted by Gasteiger charge is -1.99. The number of amides is 1. The summed E-state index contributed by atoms with van der Waals surface area (Å²) in [6.07, 6.45) is 1.31. The van der Waals surface area contributed by atoms with Gasteiger partial charge in [-0.25, -0.2) is 4.98 Å². The van der Waals surface area contributed by atoms with Crippen molar-refractivity contribution in [1.29, 1.82) is 0 Å². The molecule has 0 aliphatic carbocycles. The zero-order chi connectivity index (χ0) is 9.80. The van der Waals surface area contributed by atoms with Gasteiger partial charge in [-0.2, -0.15) is 16.4 Å². The first-order valence-electron chi connectivity index (χ1n) is 4.01. The normalized spacial score (nSPS) is 10.0. The van der Waals surface area contributed by atoms with Gasteiger partial charge in [0.05, 0.1) is 0 Å². The molecule has 0 aliphatic heterocycles. The summed E-state index contributed by atoms with van der Waals surface area (Å²) in [6, 6.07) is 1.96. The predicted molar refractivity (Wildman–Crippen MR) is 51.9 cm³/mol. The van der Waals surface area contributed by atoms with Crippen molar-refractivity contribution in [2.75, 3.05) is 0 Å². The third-order valence-electron chi connectivity index (χ3n) is 1.66. The van der Waals surface area contributed by atoms with E-state index in [1.54, 1.807) is 11.3 Å². The van der Waals surface area contributed by atoms with Crippen molar-refractivity contribution >= 4 is 17.2 Å². The second kappa shape index (κ2) is 4.01. The highest BCUT2D eigenvalue weighted by molar-refractivity contribution is 7.07. The summed E-state index contributed by atoms with van der Waals surface area (Å²) >= 11 is 1.60. The fourth-order valence-electron chi connectivity index (χ4n) is 0.974. The number of nitrogens with one attached hydrogen (secondary N) is 2. The van der Waals surface area contributed by atoms with Crippen LogP contribution < -0.4 is 5.32 Å². The van der Waals surface area contributed by atoms with Crippen molar-refractivity contribution < 1.29 is 4.79 Å². The summed E-state index contributed by atoms with van der Waals surface area (Å²) in [7, 11) is 0. The number of thiophene rings is 1. The highest BCUT2D eigenvalue weighted by atomic mass is 32.1. The molecule has 2 heterocycles. The van der Waals surface area contributed by atoms with Gasteiger partial charge >= 0.3 is 0 Å². The van der Waals surface area contributed by atoms with Crippen LogP contribution in [0.15, 0.2) is 23.2 Å². The van der Waals surface area contributed by atoms with E-state index in [1.807, 2.05) is 16.8 Å². The third kappa shape index (κ3) is 1.97. The van der Waals surface area contributed by atoms with E-state index in [-0.39, 0.29) is 11.7 Å². The van der Waals surface area contributed by atoms with Crippen LogP contribution in [0, 0.1) is 0 Å². The van der Waals surface area contributed by atoms with E-state index in [2.05, 4.69) is 20.5 Å². The van der Waals surface area contributed by atoms with Gasteiger partial charge in [0.2, 0.25) is 5.82 Å². The summed E-state index contributed by atoms with van der Waals surface area (Å²) in [5.74, 6) is -0.00562. The molecule has 0 unspecified atom stereocenters. The van der Waals surface area contributed by atoms with Crippen LogP contribution in [-0.4, -0.2) is 21.1 Å². The Labute approximate surface area is 84.2 Å². The second-order valence-corrected chi connectivity index (χ2v) is 3.43. The maximum Gasteiger partial charge on any atom is 0.288 e. The van der Waals surface area contributed by atoms with Crippen molar-refractivity contribution in [1.82, 2.24) is 20.5 Å². The van der Waals surface area contributed by atoms with E-state index in [1.165, 1.54) is 6.33 Å². The molecule has 5 nitrogen and oxygen atoms in total. The lowest BCUT2D eigenvalue weighted by Crippen LogP contribution is -2.23. The van der Waals surface area contributed by atoms with E-state index in [0.717, 1.165) is 5.56 Å². The van der Waals surface area contributed by atoms with Crippen LogP contribution >= 0.6 is 11.3 Å². The van der Waals surface area contributed by atoms with Crippen molar-refractivity contribution in [3.05, 3.63) is 34.5 Å². The zero-order valence-corrected chi connectivity index (χ0v) is 8.04. The van der Waals surface area contributed by atoms with E-state index in [4.69, 9.17) is 0 Å². The minimum atomic E-state index is -0.242. The molecule has 0 spiro atoms. The molecule has 0 atom stereocenters. The lowest BCUT2D eigenvalue weighted by molar-refractivity contribution is 0.0941. The SMILES string of the molecule is O=C(NCc1ccsc1)c1ncn[nH]1. The van der Waals surface area contributed by atoms with Crippen molar-refractivity contribution in [3.63, 3.8) is 0 Å². The van der Waals surface area contributed by atoms with Crippen molar-refractivity contribution in [2.24, 2.45) is 0 Å². The van der Waals surface area contributed by atoms with E-state index in [9.17, 15) is 4.79 Å². The highest BCUT2D eigenvalue weighted by Crippen LogP contribution is 2.04. The van der Waals surface area contributed by atoms with Gasteiger partial charge in [-0.15, -0.1) is 0 Å². The molecule has 2 rings (SSSR count). The van der Waals surface area contributed by atoms with E-state index >= 15 is 0 Å². The lowest BCUT2D eigenvalue weighted by atomic mass is 10.3. The van der Waals surface area contributed by atoms with Crippen molar-refractivity contribution in [2.45, 2.75) is 6.54 Å². The molecule has 2 aromatic rings. The Kier molecular flexibility index (Phi) is 2.55. The molecule has 0 saturated carbocycles. The number of carbonyl (C=O) groups excluding carboxylic acids is 1. The average Bonchev–Trinajstić information content (AvgIpc) is 2.87. The standard InChI is InChI=1S/C8H8N4OS/c13-8(7-10-5-11-12-7)9-3-6-1-2-14-4-6/h1-2,4-5H,3H2,(H,9,13)(H,10,11,12). The topological polar surface area (TPSA) is 70.7 Å². The highest BCUT2D eigenvalue weighted by Gasteiger charge is 2.07. The Bertz CT molecular complexity index is 395. The maximum absolute atomic E-state index is 11.4. The summed E-state index contributed by atoms with van der Waals surface area (Å²) < 4.78 is 0. The van der Waals surface area contributed by atoms with Crippen LogP contribution in [-0.2, 0) is 6.54 Å². The molecule has 14 heavy (non-hydrogen) atoms. The largest absolute Gasteiger partial charge is 0.345 e. The molecular formula is C8H8N4OS. The molecular weight excluding hydrogens is 200 g/mol. The molecule has 0 fully saturated rings. The van der Waals surface area contributed by atoms with Crippen LogP contribution in [0.1, 0.15) is 16.2 Å². The number of aromatic amines is 1. The zero-order valence-electron chi connectivity index (χ0n) is 7.23. The fraction of sp³-hybridized carbons (Fsp3) is 0.125. The Balaban J connectivity index is 1.90. The van der Waals surface area contributed by atoms with Crippen molar-refractivity contribution in [3.8, 4) is 0 Å². The van der Waals surface area contributed by atoms with Crippen LogP contribution in [0.3, 0.4) is 0 Å². The number of H-pyrrole nitrogens is 1. The Hall–Kier alpha value is -1.69. The van der Waals surface area contributed by atoms with Gasteiger partial charge in [0, 0.05) is 6.54 Å². The van der Waals surface area contributed by atoms with Gasteiger partial charge in [0.1, 0.15) is 6.33 Å². The molecule has 0 radical (unpaired) electrons. The molecule has 2 aromatic heterocycles. The van der Waals surface area contributed by atoms with Crippen LogP contribution in [0.25, 0.3) is 0 Å². The minimum absolute atomic E-state index is 0.236. The molecule has 2 N–H and O–H groups in total. The number of rotatable bonds is 3. The number of hydrogen-bond donors (Lipinski definition) is 2. The minimum Gasteiger partial charge on any atom is -0.345 e. The molecule has 72 valence electrons. The Morgan fingerprint density at radius 1 is 1.64 bits per heavy atom. The quantitative estimate of drug-likeness (QED) is 0.783. The fourth-order valence-corrected chi connectivity index (χ4v) is 1.64. The number of nitrogens with zero attached hydrogens (tertiary/aromatic N) is 2. The third-order valence-corrected chi connectivity index (χ3v) is 2.40. The van der Waals surface area contributed by atoms with Crippen LogP contribution in [0.2, 0.25) is 0 Å². The van der Waals surface area contributed by atoms with Crippen LogP contribution in [0.4, 0.5) is 0 Å². The van der Waals surface area contributed by atoms with Gasteiger partial charge in [-0.3, -0.25) is 9.89 Å². The molecule has 0 saturated heterocycles. The first-order valence-corrected chi connectivity index (χ1v) is 4.95. The Morgan fingerprint density at radius 3 is 3.21 bits per heavy atom. The predicted octanol–water partition coefficient (Wildman–Crippen LogP) is 0.796. The number of aromatic nitrogens is 3. The van der Waals surface area contributed by atoms with Gasteiger partial charge in [0.15, 0.2) is 0 Å². The Morgan fingerprint density at radius 2 is 2.57 bits per heavy atom. The molecule has 6 heteroatoms. The van der Waals surface area contributed by atoms with Gasteiger partial charge in [0.25, 0.3) is 5.91 Å². The average molecular weight is 208 g/mol. The van der Waals surface area contributed by atoms with E-state index in [0.29, 0.717) is 6.54 Å². The summed E-state index contributed by atoms with van der Waals surface area (Å²) in [6.45, 7) is 0.517. The number of carbonyl (C=O) groups is 1.